The summed E-state index contributed by atoms with van der Waals surface area (Å²) < 4.78 is 5.20. The molecule has 1 heterocycles. The smallest absolute Gasteiger partial charge is 0.118 e. The maximum Gasteiger partial charge on any atom is 0.118 e. The summed E-state index contributed by atoms with van der Waals surface area (Å²) in [4.78, 5) is 2.59. The fourth-order valence-electron chi connectivity index (χ4n) is 2.79. The van der Waals surface area contributed by atoms with E-state index in [9.17, 15) is 0 Å². The van der Waals surface area contributed by atoms with Crippen molar-refractivity contribution in [3.8, 4) is 5.75 Å². The minimum atomic E-state index is 0.657. The van der Waals surface area contributed by atoms with Gasteiger partial charge in [-0.2, -0.15) is 0 Å². The molecule has 3 nitrogen and oxygen atoms in total. The average Bonchev–Trinajstić information content (AvgIpc) is 2.53. The minimum Gasteiger partial charge on any atom is -0.497 e. The van der Waals surface area contributed by atoms with Crippen LogP contribution in [0.25, 0.3) is 0 Å². The second-order valence-electron chi connectivity index (χ2n) is 5.84. The first kappa shape index (κ1) is 15.3. The van der Waals surface area contributed by atoms with Gasteiger partial charge in [0.15, 0.2) is 0 Å². The Kier molecular flexibility index (Phi) is 5.86. The highest BCUT2D eigenvalue weighted by molar-refractivity contribution is 5.27. The van der Waals surface area contributed by atoms with E-state index in [1.807, 2.05) is 0 Å². The van der Waals surface area contributed by atoms with Crippen LogP contribution in [0.15, 0.2) is 24.3 Å². The van der Waals surface area contributed by atoms with Crippen LogP contribution in [0.5, 0.6) is 5.75 Å². The number of hydrogen-bond acceptors (Lipinski definition) is 3. The molecule has 1 aromatic rings. The van der Waals surface area contributed by atoms with Crippen LogP contribution in [-0.4, -0.2) is 44.2 Å². The molecule has 112 valence electrons. The second kappa shape index (κ2) is 7.65. The Balaban J connectivity index is 1.80. The first-order valence-corrected chi connectivity index (χ1v) is 7.81. The van der Waals surface area contributed by atoms with Crippen molar-refractivity contribution >= 4 is 0 Å². The maximum absolute atomic E-state index is 5.20. The molecule has 0 bridgehead atoms. The van der Waals surface area contributed by atoms with Crippen molar-refractivity contribution in [2.75, 3.05) is 33.3 Å². The van der Waals surface area contributed by atoms with Gasteiger partial charge in [0.2, 0.25) is 0 Å². The van der Waals surface area contributed by atoms with E-state index >= 15 is 0 Å². The zero-order valence-corrected chi connectivity index (χ0v) is 13.1. The molecule has 20 heavy (non-hydrogen) atoms. The van der Waals surface area contributed by atoms with Crippen LogP contribution < -0.4 is 10.1 Å². The molecule has 1 aliphatic rings. The average molecular weight is 276 g/mol. The summed E-state index contributed by atoms with van der Waals surface area (Å²) in [5, 5.41) is 3.65. The molecule has 0 spiro atoms. The van der Waals surface area contributed by atoms with Crippen LogP contribution in [0, 0.1) is 5.92 Å². The summed E-state index contributed by atoms with van der Waals surface area (Å²) in [6.07, 6.45) is 2.38. The normalized spacial score (nSPS) is 21.6. The largest absolute Gasteiger partial charge is 0.497 e. The number of methoxy groups -OCH3 is 1. The number of nitrogens with one attached hydrogen (secondary N) is 1. The van der Waals surface area contributed by atoms with Crippen molar-refractivity contribution in [2.45, 2.75) is 32.7 Å². The molecule has 1 fully saturated rings. The van der Waals surface area contributed by atoms with Gasteiger partial charge < -0.3 is 15.0 Å². The zero-order valence-electron chi connectivity index (χ0n) is 13.1. The highest BCUT2D eigenvalue weighted by atomic mass is 16.5. The van der Waals surface area contributed by atoms with Crippen LogP contribution in [0.1, 0.15) is 25.8 Å². The number of rotatable bonds is 6. The summed E-state index contributed by atoms with van der Waals surface area (Å²) in [6.45, 7) is 9.26. The van der Waals surface area contributed by atoms with Crippen molar-refractivity contribution in [3.05, 3.63) is 29.8 Å². The third kappa shape index (κ3) is 4.22. The van der Waals surface area contributed by atoms with Crippen LogP contribution >= 0.6 is 0 Å². The third-order valence-corrected chi connectivity index (χ3v) is 4.50. The van der Waals surface area contributed by atoms with Gasteiger partial charge >= 0.3 is 0 Å². The van der Waals surface area contributed by atoms with Crippen molar-refractivity contribution < 1.29 is 4.74 Å². The monoisotopic (exact) mass is 276 g/mol. The van der Waals surface area contributed by atoms with Gasteiger partial charge in [-0.15, -0.1) is 0 Å². The Bertz CT molecular complexity index is 390. The summed E-state index contributed by atoms with van der Waals surface area (Å²) in [6, 6.07) is 9.11. The van der Waals surface area contributed by atoms with E-state index in [2.05, 4.69) is 48.3 Å². The Hall–Kier alpha value is -1.06. The Morgan fingerprint density at radius 2 is 2.10 bits per heavy atom. The molecule has 0 aliphatic carbocycles. The number of piperazine rings is 1. The van der Waals surface area contributed by atoms with E-state index in [0.717, 1.165) is 31.2 Å². The lowest BCUT2D eigenvalue weighted by Crippen LogP contribution is -2.53. The molecule has 1 aromatic carbocycles. The first-order chi connectivity index (χ1) is 9.72. The lowest BCUT2D eigenvalue weighted by molar-refractivity contribution is 0.170. The molecule has 1 N–H and O–H groups in total. The molecule has 0 saturated carbocycles. The van der Waals surface area contributed by atoms with Gasteiger partial charge in [-0.25, -0.2) is 0 Å². The summed E-state index contributed by atoms with van der Waals surface area (Å²) in [5.41, 5.74) is 1.39. The minimum absolute atomic E-state index is 0.657. The van der Waals surface area contributed by atoms with Crippen LogP contribution in [0.3, 0.4) is 0 Å². The van der Waals surface area contributed by atoms with Crippen LogP contribution in [0.2, 0.25) is 0 Å². The molecule has 0 amide bonds. The molecule has 2 atom stereocenters. The van der Waals surface area contributed by atoms with Crippen molar-refractivity contribution in [3.63, 3.8) is 0 Å². The number of ether oxygens (including phenoxy) is 1. The molecular formula is C17H28N2O. The van der Waals surface area contributed by atoms with Crippen LogP contribution in [-0.2, 0) is 6.42 Å². The fraction of sp³-hybridized carbons (Fsp3) is 0.647. The van der Waals surface area contributed by atoms with E-state index in [-0.39, 0.29) is 0 Å². The van der Waals surface area contributed by atoms with Gasteiger partial charge in [0.1, 0.15) is 5.75 Å². The molecule has 0 aromatic heterocycles. The molecule has 2 rings (SSSR count). The number of nitrogens with zero attached hydrogens (tertiary/aromatic N) is 1. The SMILES string of the molecule is CCC(C)C1CN(CCc2ccc(OC)cc2)CCN1. The van der Waals surface area contributed by atoms with Crippen molar-refractivity contribution in [2.24, 2.45) is 5.92 Å². The summed E-state index contributed by atoms with van der Waals surface area (Å²) in [7, 11) is 1.71. The van der Waals surface area contributed by atoms with Crippen molar-refractivity contribution in [1.82, 2.24) is 10.2 Å². The Morgan fingerprint density at radius 3 is 2.75 bits per heavy atom. The summed E-state index contributed by atoms with van der Waals surface area (Å²) >= 11 is 0. The third-order valence-electron chi connectivity index (χ3n) is 4.50. The molecule has 1 saturated heterocycles. The lowest BCUT2D eigenvalue weighted by Gasteiger charge is -2.36. The van der Waals surface area contributed by atoms with E-state index < -0.39 is 0 Å². The van der Waals surface area contributed by atoms with Crippen LogP contribution in [0.4, 0.5) is 0 Å². The highest BCUT2D eigenvalue weighted by Gasteiger charge is 2.22. The fourth-order valence-corrected chi connectivity index (χ4v) is 2.79. The Labute approximate surface area is 123 Å². The van der Waals surface area contributed by atoms with Gasteiger partial charge in [-0.3, -0.25) is 0 Å². The maximum atomic E-state index is 5.20. The van der Waals surface area contributed by atoms with Gasteiger partial charge in [-0.05, 0) is 30.0 Å². The van der Waals surface area contributed by atoms with Crippen molar-refractivity contribution in [1.29, 1.82) is 0 Å². The van der Waals surface area contributed by atoms with Gasteiger partial charge in [0.25, 0.3) is 0 Å². The molecule has 0 radical (unpaired) electrons. The van der Waals surface area contributed by atoms with E-state index in [0.29, 0.717) is 6.04 Å². The molecule has 3 heteroatoms. The number of benzene rings is 1. The van der Waals surface area contributed by atoms with E-state index in [1.165, 1.54) is 25.1 Å². The molecule has 2 unspecified atom stereocenters. The predicted molar refractivity (Wildman–Crippen MR) is 84.4 cm³/mol. The zero-order chi connectivity index (χ0) is 14.4. The van der Waals surface area contributed by atoms with Gasteiger partial charge in [-0.1, -0.05) is 32.4 Å². The highest BCUT2D eigenvalue weighted by Crippen LogP contribution is 2.14. The van der Waals surface area contributed by atoms with E-state index in [1.54, 1.807) is 7.11 Å². The molecular weight excluding hydrogens is 248 g/mol. The van der Waals surface area contributed by atoms with Gasteiger partial charge in [0, 0.05) is 32.2 Å². The van der Waals surface area contributed by atoms with Gasteiger partial charge in [0.05, 0.1) is 7.11 Å². The summed E-state index contributed by atoms with van der Waals surface area (Å²) in [5.74, 6) is 1.70. The number of hydrogen-bond donors (Lipinski definition) is 1. The first-order valence-electron chi connectivity index (χ1n) is 7.81. The Morgan fingerprint density at radius 1 is 1.35 bits per heavy atom. The topological polar surface area (TPSA) is 24.5 Å². The standard InChI is InChI=1S/C17H28N2O/c1-4-14(2)17-13-19(12-10-18-17)11-9-15-5-7-16(20-3)8-6-15/h5-8,14,17-18H,4,9-13H2,1-3H3. The molecule has 1 aliphatic heterocycles. The lowest BCUT2D eigenvalue weighted by atomic mass is 9.97. The predicted octanol–water partition coefficient (Wildman–Crippen LogP) is 2.56. The second-order valence-corrected chi connectivity index (χ2v) is 5.84. The quantitative estimate of drug-likeness (QED) is 0.864. The van der Waals surface area contributed by atoms with E-state index in [4.69, 9.17) is 4.74 Å².